The second-order valence-corrected chi connectivity index (χ2v) is 12.2. The molecule has 4 aromatic rings. The second-order valence-electron chi connectivity index (χ2n) is 12.2. The van der Waals surface area contributed by atoms with Crippen molar-refractivity contribution in [1.82, 2.24) is 29.2 Å². The van der Waals surface area contributed by atoms with Crippen molar-refractivity contribution in [3.05, 3.63) is 77.4 Å². The molecule has 0 unspecified atom stereocenters. The maximum atomic E-state index is 13.3. The summed E-state index contributed by atoms with van der Waals surface area (Å²) in [6.45, 7) is 13.4. The molecule has 0 aliphatic carbocycles. The predicted octanol–water partition coefficient (Wildman–Crippen LogP) is 3.92. The quantitative estimate of drug-likeness (QED) is 0.120. The molecule has 3 N–H and O–H groups in total. The fraction of sp³-hybridized carbons (Fsp3) is 0.441. The maximum Gasteiger partial charge on any atom is 0.303 e. The Morgan fingerprint density at radius 3 is 2.51 bits per heavy atom. The number of nitrogens with one attached hydrogen (secondary N) is 1. The Kier molecular flexibility index (Phi) is 11.0. The van der Waals surface area contributed by atoms with E-state index in [0.29, 0.717) is 48.1 Å². The smallest absolute Gasteiger partial charge is 0.303 e. The number of nitrogens with zero attached hydrogens (tertiary/aromatic N) is 7. The van der Waals surface area contributed by atoms with E-state index in [1.165, 1.54) is 10.9 Å². The van der Waals surface area contributed by atoms with Crippen LogP contribution in [0.4, 0.5) is 17.3 Å². The Labute approximate surface area is 274 Å². The summed E-state index contributed by atoms with van der Waals surface area (Å²) in [7, 11) is 0. The van der Waals surface area contributed by atoms with Gasteiger partial charge in [0.2, 0.25) is 5.95 Å². The van der Waals surface area contributed by atoms with E-state index < -0.39 is 11.6 Å². The Morgan fingerprint density at radius 2 is 1.81 bits per heavy atom. The molecule has 0 saturated carbocycles. The van der Waals surface area contributed by atoms with Gasteiger partial charge in [-0.15, -0.1) is 6.58 Å². The van der Waals surface area contributed by atoms with Gasteiger partial charge in [0.15, 0.2) is 11.5 Å². The molecule has 1 aliphatic rings. The summed E-state index contributed by atoms with van der Waals surface area (Å²) in [4.78, 5) is 42.4. The van der Waals surface area contributed by atoms with Gasteiger partial charge in [-0.25, -0.2) is 19.3 Å². The SMILES string of the molecule is C=CCn1c(=O)c2cnc(Nc3ccc(N4CCN(CCOCCCCCC(=O)O)CC4)cc3)nc2n1-c1cccc(C(C)(C)O)n1. The number of aliphatic carboxylic acids is 1. The summed E-state index contributed by atoms with van der Waals surface area (Å²) >= 11 is 0. The van der Waals surface area contributed by atoms with Gasteiger partial charge in [0.1, 0.15) is 11.0 Å². The van der Waals surface area contributed by atoms with E-state index in [-0.39, 0.29) is 18.5 Å². The molecule has 0 bridgehead atoms. The van der Waals surface area contributed by atoms with E-state index in [0.717, 1.165) is 56.9 Å². The van der Waals surface area contributed by atoms with E-state index in [1.54, 1.807) is 42.8 Å². The van der Waals surface area contributed by atoms with E-state index in [4.69, 9.17) is 14.8 Å². The molecule has 13 heteroatoms. The highest BCUT2D eigenvalue weighted by Crippen LogP contribution is 2.24. The molecule has 0 radical (unpaired) electrons. The third-order valence-corrected chi connectivity index (χ3v) is 8.15. The molecule has 5 rings (SSSR count). The van der Waals surface area contributed by atoms with Crippen molar-refractivity contribution in [3.63, 3.8) is 0 Å². The summed E-state index contributed by atoms with van der Waals surface area (Å²) in [6.07, 6.45) is 5.86. The number of fused-ring (bicyclic) bond motifs is 1. The lowest BCUT2D eigenvalue weighted by Crippen LogP contribution is -2.47. The minimum Gasteiger partial charge on any atom is -0.481 e. The standard InChI is InChI=1S/C34H44N8O5/c1-4-16-41-32(45)27-24-35-33(38-31(27)42(41)29-10-8-9-28(37-29)34(2,3)46)36-25-12-14-26(15-13-25)40-19-17-39(18-20-40)21-23-47-22-7-5-6-11-30(43)44/h4,8-10,12-15,24,46H,1,5-7,11,16-23H2,2-3H3,(H,43,44)(H,35,36,38). The number of aromatic nitrogens is 5. The molecule has 250 valence electrons. The second kappa shape index (κ2) is 15.3. The number of allylic oxidation sites excluding steroid dienone is 1. The number of carboxylic acid groups (broad SMARTS) is 1. The van der Waals surface area contributed by atoms with Crippen LogP contribution in [-0.2, 0) is 21.7 Å². The van der Waals surface area contributed by atoms with Gasteiger partial charge >= 0.3 is 5.97 Å². The van der Waals surface area contributed by atoms with Gasteiger partial charge in [0.25, 0.3) is 5.56 Å². The molecule has 13 nitrogen and oxygen atoms in total. The number of rotatable bonds is 16. The first-order valence-electron chi connectivity index (χ1n) is 16.1. The zero-order valence-electron chi connectivity index (χ0n) is 27.1. The fourth-order valence-corrected chi connectivity index (χ4v) is 5.56. The number of anilines is 3. The third kappa shape index (κ3) is 8.61. The Bertz CT molecular complexity index is 1720. The van der Waals surface area contributed by atoms with Crippen molar-refractivity contribution in [3.8, 4) is 5.82 Å². The maximum absolute atomic E-state index is 13.3. The number of ether oxygens (including phenoxy) is 1. The fourth-order valence-electron chi connectivity index (χ4n) is 5.56. The molecule has 0 atom stereocenters. The van der Waals surface area contributed by atoms with E-state index in [1.807, 2.05) is 12.1 Å². The lowest BCUT2D eigenvalue weighted by molar-refractivity contribution is -0.137. The first kappa shape index (κ1) is 33.8. The van der Waals surface area contributed by atoms with Crippen LogP contribution in [0.1, 0.15) is 45.2 Å². The number of aliphatic hydroxyl groups is 1. The zero-order valence-corrected chi connectivity index (χ0v) is 27.1. The summed E-state index contributed by atoms with van der Waals surface area (Å²) in [5.74, 6) is 0.0471. The topological polar surface area (TPSA) is 151 Å². The van der Waals surface area contributed by atoms with Crippen LogP contribution in [0.2, 0.25) is 0 Å². The monoisotopic (exact) mass is 644 g/mol. The summed E-state index contributed by atoms with van der Waals surface area (Å²) in [5, 5.41) is 22.9. The number of carbonyl (C=O) groups is 1. The third-order valence-electron chi connectivity index (χ3n) is 8.15. The highest BCUT2D eigenvalue weighted by atomic mass is 16.5. The van der Waals surface area contributed by atoms with Gasteiger partial charge < -0.3 is 25.2 Å². The van der Waals surface area contributed by atoms with Gasteiger partial charge in [0.05, 0.1) is 18.8 Å². The van der Waals surface area contributed by atoms with Gasteiger partial charge in [-0.2, -0.15) is 4.98 Å². The van der Waals surface area contributed by atoms with Gasteiger partial charge in [-0.3, -0.25) is 14.5 Å². The van der Waals surface area contributed by atoms with Crippen molar-refractivity contribution < 1.29 is 19.7 Å². The van der Waals surface area contributed by atoms with Crippen LogP contribution in [0, 0.1) is 0 Å². The van der Waals surface area contributed by atoms with Crippen LogP contribution in [-0.4, -0.2) is 91.3 Å². The van der Waals surface area contributed by atoms with E-state index >= 15 is 0 Å². The Morgan fingerprint density at radius 1 is 1.04 bits per heavy atom. The number of pyridine rings is 1. The number of carboxylic acids is 1. The average Bonchev–Trinajstić information content (AvgIpc) is 3.33. The largest absolute Gasteiger partial charge is 0.481 e. The molecule has 1 aliphatic heterocycles. The van der Waals surface area contributed by atoms with Crippen LogP contribution in [0.5, 0.6) is 0 Å². The highest BCUT2D eigenvalue weighted by molar-refractivity contribution is 5.77. The van der Waals surface area contributed by atoms with Crippen LogP contribution in [0.15, 0.2) is 66.1 Å². The summed E-state index contributed by atoms with van der Waals surface area (Å²) < 4.78 is 8.89. The van der Waals surface area contributed by atoms with Crippen molar-refractivity contribution in [2.24, 2.45) is 0 Å². The molecule has 0 amide bonds. The van der Waals surface area contributed by atoms with Crippen molar-refractivity contribution in [2.75, 3.05) is 56.2 Å². The lowest BCUT2D eigenvalue weighted by atomic mass is 10.1. The normalized spacial score (nSPS) is 14.1. The molecule has 1 fully saturated rings. The first-order chi connectivity index (χ1) is 22.6. The number of unbranched alkanes of at least 4 members (excludes halogenated alkanes) is 2. The predicted molar refractivity (Wildman–Crippen MR) is 182 cm³/mol. The molecule has 0 spiro atoms. The van der Waals surface area contributed by atoms with Gasteiger partial charge in [-0.05, 0) is 63.1 Å². The van der Waals surface area contributed by atoms with Crippen LogP contribution in [0.3, 0.4) is 0 Å². The van der Waals surface area contributed by atoms with Crippen LogP contribution >= 0.6 is 0 Å². The minimum absolute atomic E-state index is 0.227. The lowest BCUT2D eigenvalue weighted by Gasteiger charge is -2.36. The number of piperazine rings is 1. The van der Waals surface area contributed by atoms with Gasteiger partial charge in [0, 0.05) is 63.3 Å². The molecule has 47 heavy (non-hydrogen) atoms. The van der Waals surface area contributed by atoms with Gasteiger partial charge in [-0.1, -0.05) is 18.6 Å². The van der Waals surface area contributed by atoms with Crippen molar-refractivity contribution in [1.29, 1.82) is 0 Å². The Balaban J connectivity index is 1.20. The molecule has 1 aromatic carbocycles. The van der Waals surface area contributed by atoms with Crippen molar-refractivity contribution in [2.45, 2.75) is 51.7 Å². The molecular formula is C34H44N8O5. The van der Waals surface area contributed by atoms with E-state index in [9.17, 15) is 14.7 Å². The highest BCUT2D eigenvalue weighted by Gasteiger charge is 2.22. The first-order valence-corrected chi connectivity index (χ1v) is 16.1. The van der Waals surface area contributed by atoms with E-state index in [2.05, 4.69) is 43.8 Å². The number of benzene rings is 1. The average molecular weight is 645 g/mol. The molecule has 3 aromatic heterocycles. The summed E-state index contributed by atoms with van der Waals surface area (Å²) in [6, 6.07) is 13.4. The molecule has 4 heterocycles. The van der Waals surface area contributed by atoms with Crippen molar-refractivity contribution >= 4 is 34.3 Å². The number of hydrogen-bond acceptors (Lipinski definition) is 10. The molecular weight excluding hydrogens is 600 g/mol. The molecule has 1 saturated heterocycles. The van der Waals surface area contributed by atoms with Crippen LogP contribution < -0.4 is 15.8 Å². The van der Waals surface area contributed by atoms with Crippen LogP contribution in [0.25, 0.3) is 16.9 Å². The minimum atomic E-state index is -1.16. The Hall–Kier alpha value is -4.59. The summed E-state index contributed by atoms with van der Waals surface area (Å²) in [5.41, 5.74) is 1.39. The number of hydrogen-bond donors (Lipinski definition) is 3. The zero-order chi connectivity index (χ0) is 33.4.